The predicted molar refractivity (Wildman–Crippen MR) is 176 cm³/mol. The highest BCUT2D eigenvalue weighted by atomic mass is 14.8. The van der Waals surface area contributed by atoms with Crippen LogP contribution in [-0.2, 0) is 21.7 Å². The molecule has 3 nitrogen and oxygen atoms in total. The van der Waals surface area contributed by atoms with E-state index in [0.717, 1.165) is 25.7 Å². The van der Waals surface area contributed by atoms with Crippen molar-refractivity contribution >= 4 is 0 Å². The largest absolute Gasteiger partial charge is 0.261 e. The summed E-state index contributed by atoms with van der Waals surface area (Å²) in [5, 5.41) is 0. The van der Waals surface area contributed by atoms with E-state index in [-0.39, 0.29) is 21.7 Å². The van der Waals surface area contributed by atoms with E-state index in [0.29, 0.717) is 0 Å². The van der Waals surface area contributed by atoms with Gasteiger partial charge < -0.3 is 0 Å². The first-order valence-electron chi connectivity index (χ1n) is 17.7. The van der Waals surface area contributed by atoms with Crippen LogP contribution >= 0.6 is 0 Å². The van der Waals surface area contributed by atoms with E-state index in [1.165, 1.54) is 122 Å². The summed E-state index contributed by atoms with van der Waals surface area (Å²) in [5.41, 5.74) is 10.6. The van der Waals surface area contributed by atoms with Crippen molar-refractivity contribution in [1.29, 1.82) is 0 Å². The van der Waals surface area contributed by atoms with Gasteiger partial charge in [-0.2, -0.15) is 0 Å². The van der Waals surface area contributed by atoms with Crippen LogP contribution in [0, 0.1) is 0 Å². The average molecular weight is 580 g/mol. The maximum Gasteiger partial charge on any atom is 0.0695 e. The lowest BCUT2D eigenvalue weighted by molar-refractivity contribution is 0.467. The molecule has 0 radical (unpaired) electrons. The fourth-order valence-corrected chi connectivity index (χ4v) is 10.7. The number of hydrogen-bond acceptors (Lipinski definition) is 3. The van der Waals surface area contributed by atoms with Gasteiger partial charge in [-0.05, 0) is 85.8 Å². The van der Waals surface area contributed by atoms with Gasteiger partial charge in [0.25, 0.3) is 0 Å². The van der Waals surface area contributed by atoms with Crippen LogP contribution in [0.5, 0.6) is 0 Å². The molecular weight excluding hydrogens is 534 g/mol. The van der Waals surface area contributed by atoms with E-state index < -0.39 is 0 Å². The molecule has 3 heterocycles. The first-order chi connectivity index (χ1) is 21.7. The van der Waals surface area contributed by atoms with Gasteiger partial charge >= 0.3 is 0 Å². The molecule has 4 saturated carbocycles. The molecule has 0 unspecified atom stereocenters. The Labute approximate surface area is 263 Å². The second kappa shape index (κ2) is 10.1. The zero-order valence-electron chi connectivity index (χ0n) is 26.2. The molecule has 0 saturated heterocycles. The Balaban J connectivity index is 1.35. The van der Waals surface area contributed by atoms with E-state index in [9.17, 15) is 0 Å². The van der Waals surface area contributed by atoms with Gasteiger partial charge in [0.15, 0.2) is 0 Å². The summed E-state index contributed by atoms with van der Waals surface area (Å²) in [6.45, 7) is 0. The smallest absolute Gasteiger partial charge is 0.0695 e. The number of pyridine rings is 1. The van der Waals surface area contributed by atoms with Crippen LogP contribution in [-0.4, -0.2) is 15.0 Å². The number of aromatic nitrogens is 3. The molecule has 2 aromatic carbocycles. The zero-order chi connectivity index (χ0) is 29.2. The van der Waals surface area contributed by atoms with Crippen LogP contribution in [0.15, 0.2) is 79.1 Å². The van der Waals surface area contributed by atoms with Gasteiger partial charge in [-0.3, -0.25) is 15.0 Å². The Bertz CT molecular complexity index is 1360. The van der Waals surface area contributed by atoms with E-state index in [1.54, 1.807) is 0 Å². The molecule has 4 spiro atoms. The van der Waals surface area contributed by atoms with Gasteiger partial charge in [-0.15, -0.1) is 0 Å². The molecule has 5 aliphatic rings. The lowest BCUT2D eigenvalue weighted by Gasteiger charge is -2.37. The quantitative estimate of drug-likeness (QED) is 0.208. The molecule has 1 aliphatic heterocycles. The van der Waals surface area contributed by atoms with E-state index in [2.05, 4.69) is 79.1 Å². The second-order valence-corrected chi connectivity index (χ2v) is 15.0. The van der Waals surface area contributed by atoms with Crippen molar-refractivity contribution in [3.63, 3.8) is 0 Å². The molecule has 0 atom stereocenters. The number of fused-ring (bicyclic) bond motifs is 16. The van der Waals surface area contributed by atoms with Crippen LogP contribution in [0.25, 0.3) is 0 Å². The lowest BCUT2D eigenvalue weighted by Crippen LogP contribution is -2.33. The summed E-state index contributed by atoms with van der Waals surface area (Å²) >= 11 is 0. The summed E-state index contributed by atoms with van der Waals surface area (Å²) < 4.78 is 0. The fraction of sp³-hybridized carbons (Fsp3) is 0.488. The maximum absolute atomic E-state index is 5.76. The Morgan fingerprint density at radius 2 is 0.659 bits per heavy atom. The fourth-order valence-electron chi connectivity index (χ4n) is 10.7. The maximum atomic E-state index is 5.76. The summed E-state index contributed by atoms with van der Waals surface area (Å²) in [7, 11) is 0. The lowest BCUT2D eigenvalue weighted by atomic mass is 9.69. The van der Waals surface area contributed by atoms with Crippen molar-refractivity contribution in [2.75, 3.05) is 0 Å². The summed E-state index contributed by atoms with van der Waals surface area (Å²) in [6.07, 6.45) is 23.6. The monoisotopic (exact) mass is 579 g/mol. The highest BCUT2D eigenvalue weighted by Gasteiger charge is 2.47. The molecule has 44 heavy (non-hydrogen) atoms. The van der Waals surface area contributed by atoms with Gasteiger partial charge in [-0.25, -0.2) is 0 Å². The Kier molecular flexibility index (Phi) is 6.20. The van der Waals surface area contributed by atoms with Crippen molar-refractivity contribution in [2.45, 2.75) is 124 Å². The molecule has 0 amide bonds. The molecule has 4 aliphatic carbocycles. The third kappa shape index (κ3) is 3.77. The third-order valence-electron chi connectivity index (χ3n) is 13.1. The van der Waals surface area contributed by atoms with Crippen LogP contribution < -0.4 is 0 Å². The van der Waals surface area contributed by atoms with Gasteiger partial charge in [-0.1, -0.05) is 106 Å². The normalized spacial score (nSPS) is 23.6. The predicted octanol–water partition coefficient (Wildman–Crippen LogP) is 9.63. The minimum absolute atomic E-state index is 0.0219. The standard InChI is InChI=1S/C41H45N3/c1-2-19-38(18-1)30-12-9-14-32(26-30)40(22-5-6-23-40)36-28-42-29-37(44-36)41(24-7-8-25-41)33-15-10-13-31(27-33)39(20-3-4-21-39)35-17-11-16-34(38)43-35/h9-17,26-29H,1-8,18-25H2. The van der Waals surface area contributed by atoms with Crippen LogP contribution in [0.1, 0.15) is 148 Å². The van der Waals surface area contributed by atoms with Gasteiger partial charge in [0.1, 0.15) is 0 Å². The first kappa shape index (κ1) is 27.0. The zero-order valence-corrected chi connectivity index (χ0v) is 26.2. The van der Waals surface area contributed by atoms with Crippen molar-refractivity contribution in [3.05, 3.63) is 124 Å². The minimum atomic E-state index is -0.0687. The average Bonchev–Trinajstić information content (AvgIpc) is 3.93. The number of benzene rings is 2. The highest BCUT2D eigenvalue weighted by Crippen LogP contribution is 2.53. The van der Waals surface area contributed by atoms with Crippen molar-refractivity contribution < 1.29 is 0 Å². The van der Waals surface area contributed by atoms with Crippen LogP contribution in [0.4, 0.5) is 0 Å². The summed E-state index contributed by atoms with van der Waals surface area (Å²) in [6, 6.07) is 26.6. The van der Waals surface area contributed by atoms with Crippen molar-refractivity contribution in [1.82, 2.24) is 15.0 Å². The highest BCUT2D eigenvalue weighted by molar-refractivity contribution is 5.49. The minimum Gasteiger partial charge on any atom is -0.261 e. The van der Waals surface area contributed by atoms with Crippen molar-refractivity contribution in [3.8, 4) is 0 Å². The molecule has 0 N–H and O–H groups in total. The van der Waals surface area contributed by atoms with E-state index in [1.807, 2.05) is 0 Å². The topological polar surface area (TPSA) is 38.7 Å². The molecule has 3 heteroatoms. The molecule has 4 fully saturated rings. The van der Waals surface area contributed by atoms with Gasteiger partial charge in [0.2, 0.25) is 0 Å². The third-order valence-corrected chi connectivity index (χ3v) is 13.1. The van der Waals surface area contributed by atoms with Crippen LogP contribution in [0.2, 0.25) is 0 Å². The van der Waals surface area contributed by atoms with E-state index in [4.69, 9.17) is 15.0 Å². The number of nitrogens with zero attached hydrogens (tertiary/aromatic N) is 3. The van der Waals surface area contributed by atoms with E-state index >= 15 is 0 Å². The molecule has 8 bridgehead atoms. The molecule has 9 rings (SSSR count). The first-order valence-corrected chi connectivity index (χ1v) is 17.7. The Morgan fingerprint density at radius 3 is 1.02 bits per heavy atom. The molecular formula is C41H45N3. The van der Waals surface area contributed by atoms with Gasteiger partial charge in [0, 0.05) is 34.1 Å². The van der Waals surface area contributed by atoms with Crippen molar-refractivity contribution in [2.24, 2.45) is 0 Å². The SMILES string of the molecule is c1cc2cc(c1)C1(CCCC1)c1cncc(n1)C1(CCCC1)c1cccc(c1)C1(CCCC1)c1cccc(n1)C21CCCC1. The van der Waals surface area contributed by atoms with Gasteiger partial charge in [0.05, 0.1) is 22.8 Å². The molecule has 224 valence electrons. The second-order valence-electron chi connectivity index (χ2n) is 15.0. The number of rotatable bonds is 0. The molecule has 2 aromatic heterocycles. The Morgan fingerprint density at radius 1 is 0.364 bits per heavy atom. The summed E-state index contributed by atoms with van der Waals surface area (Å²) in [5.74, 6) is 0. The number of hydrogen-bond donors (Lipinski definition) is 0. The molecule has 4 aromatic rings. The Hall–Kier alpha value is -3.33. The summed E-state index contributed by atoms with van der Waals surface area (Å²) in [4.78, 5) is 16.5. The van der Waals surface area contributed by atoms with Crippen LogP contribution in [0.3, 0.4) is 0 Å².